The number of aliphatic carboxylic acids is 1. The molecule has 7 heteroatoms. The number of nitrogens with zero attached hydrogens (tertiary/aromatic N) is 2. The van der Waals surface area contributed by atoms with Crippen LogP contribution in [-0.4, -0.2) is 78.9 Å². The van der Waals surface area contributed by atoms with Crippen LogP contribution in [0.2, 0.25) is 0 Å². The molecule has 120 valence electrons. The lowest BCUT2D eigenvalue weighted by Gasteiger charge is -2.32. The predicted molar refractivity (Wildman–Crippen MR) is 77.2 cm³/mol. The summed E-state index contributed by atoms with van der Waals surface area (Å²) in [4.78, 5) is 27.2. The summed E-state index contributed by atoms with van der Waals surface area (Å²) < 4.78 is 5.34. The molecule has 2 saturated heterocycles. The second-order valence-corrected chi connectivity index (χ2v) is 5.67. The average molecular weight is 299 g/mol. The van der Waals surface area contributed by atoms with E-state index in [1.807, 2.05) is 6.92 Å². The first kappa shape index (κ1) is 16.0. The highest BCUT2D eigenvalue weighted by atomic mass is 16.5. The number of carboxylic acids is 1. The van der Waals surface area contributed by atoms with Crippen molar-refractivity contribution in [3.63, 3.8) is 0 Å². The lowest BCUT2D eigenvalue weighted by molar-refractivity contribution is -0.141. The van der Waals surface area contributed by atoms with Crippen molar-refractivity contribution in [2.75, 3.05) is 45.9 Å². The molecular formula is C14H25N3O4. The molecule has 2 aliphatic rings. The van der Waals surface area contributed by atoms with Crippen LogP contribution in [0.1, 0.15) is 19.8 Å². The summed E-state index contributed by atoms with van der Waals surface area (Å²) in [6, 6.07) is 0.256. The molecule has 0 bridgehead atoms. The Bertz CT molecular complexity index is 371. The van der Waals surface area contributed by atoms with Gasteiger partial charge in [-0.25, -0.2) is 4.79 Å². The minimum Gasteiger partial charge on any atom is -0.481 e. The van der Waals surface area contributed by atoms with Crippen molar-refractivity contribution >= 4 is 12.0 Å². The lowest BCUT2D eigenvalue weighted by atomic mass is 10.1. The van der Waals surface area contributed by atoms with E-state index in [1.54, 1.807) is 4.90 Å². The quantitative estimate of drug-likeness (QED) is 0.758. The Kier molecular flexibility index (Phi) is 5.81. The van der Waals surface area contributed by atoms with E-state index in [-0.39, 0.29) is 12.6 Å². The molecule has 21 heavy (non-hydrogen) atoms. The van der Waals surface area contributed by atoms with Gasteiger partial charge in [0.05, 0.1) is 19.1 Å². The number of rotatable bonds is 5. The molecule has 2 fully saturated rings. The number of ether oxygens (including phenoxy) is 1. The van der Waals surface area contributed by atoms with Crippen LogP contribution in [0.5, 0.6) is 0 Å². The SMILES string of the molecule is CCC(CNC(=O)N1CCC(N2CCOCC2)C1)C(=O)O. The molecule has 0 saturated carbocycles. The molecule has 2 rings (SSSR count). The molecule has 2 heterocycles. The Labute approximate surface area is 125 Å². The van der Waals surface area contributed by atoms with Crippen LogP contribution in [0.25, 0.3) is 0 Å². The fraction of sp³-hybridized carbons (Fsp3) is 0.857. The maximum atomic E-state index is 12.1. The molecule has 2 unspecified atom stereocenters. The minimum atomic E-state index is -0.856. The van der Waals surface area contributed by atoms with Crippen LogP contribution in [0.4, 0.5) is 4.79 Å². The van der Waals surface area contributed by atoms with E-state index in [0.29, 0.717) is 12.5 Å². The number of likely N-dealkylation sites (tertiary alicyclic amines) is 1. The molecule has 0 aromatic rings. The first-order chi connectivity index (χ1) is 10.1. The highest BCUT2D eigenvalue weighted by Crippen LogP contribution is 2.17. The molecular weight excluding hydrogens is 274 g/mol. The van der Waals surface area contributed by atoms with E-state index in [9.17, 15) is 9.59 Å². The van der Waals surface area contributed by atoms with Crippen LogP contribution >= 0.6 is 0 Å². The Hall–Kier alpha value is -1.34. The number of hydrogen-bond donors (Lipinski definition) is 2. The number of morpholine rings is 1. The van der Waals surface area contributed by atoms with Crippen molar-refractivity contribution in [1.82, 2.24) is 15.1 Å². The monoisotopic (exact) mass is 299 g/mol. The van der Waals surface area contributed by atoms with E-state index >= 15 is 0 Å². The number of amides is 2. The van der Waals surface area contributed by atoms with E-state index in [2.05, 4.69) is 10.2 Å². The largest absolute Gasteiger partial charge is 0.481 e. The molecule has 0 aromatic heterocycles. The summed E-state index contributed by atoms with van der Waals surface area (Å²) >= 11 is 0. The third-order valence-electron chi connectivity index (χ3n) is 4.35. The van der Waals surface area contributed by atoms with Gasteiger partial charge in [0.2, 0.25) is 0 Å². The summed E-state index contributed by atoms with van der Waals surface area (Å²) in [5.41, 5.74) is 0. The maximum absolute atomic E-state index is 12.1. The molecule has 0 radical (unpaired) electrons. The molecule has 7 nitrogen and oxygen atoms in total. The zero-order valence-corrected chi connectivity index (χ0v) is 12.6. The summed E-state index contributed by atoms with van der Waals surface area (Å²) in [6.07, 6.45) is 1.50. The van der Waals surface area contributed by atoms with E-state index < -0.39 is 11.9 Å². The number of hydrogen-bond acceptors (Lipinski definition) is 4. The fourth-order valence-electron chi connectivity index (χ4n) is 2.90. The van der Waals surface area contributed by atoms with Gasteiger partial charge in [-0.05, 0) is 12.8 Å². The van der Waals surface area contributed by atoms with Crippen molar-refractivity contribution in [3.8, 4) is 0 Å². The van der Waals surface area contributed by atoms with Crippen LogP contribution < -0.4 is 5.32 Å². The molecule has 2 N–H and O–H groups in total. The smallest absolute Gasteiger partial charge is 0.317 e. The Morgan fingerprint density at radius 1 is 1.33 bits per heavy atom. The second-order valence-electron chi connectivity index (χ2n) is 5.67. The number of nitrogens with one attached hydrogen (secondary N) is 1. The average Bonchev–Trinajstić information content (AvgIpc) is 2.98. The van der Waals surface area contributed by atoms with E-state index in [4.69, 9.17) is 9.84 Å². The van der Waals surface area contributed by atoms with E-state index in [1.165, 1.54) is 0 Å². The highest BCUT2D eigenvalue weighted by Gasteiger charge is 2.31. The highest BCUT2D eigenvalue weighted by molar-refractivity contribution is 5.76. The Morgan fingerprint density at radius 3 is 2.67 bits per heavy atom. The van der Waals surface area contributed by atoms with Gasteiger partial charge in [0, 0.05) is 38.8 Å². The summed E-state index contributed by atoms with van der Waals surface area (Å²) in [6.45, 7) is 6.85. The lowest BCUT2D eigenvalue weighted by Crippen LogP contribution is -2.47. The van der Waals surface area contributed by atoms with Gasteiger partial charge in [0.1, 0.15) is 0 Å². The number of carboxylic acid groups (broad SMARTS) is 1. The number of carbonyl (C=O) groups excluding carboxylic acids is 1. The summed E-state index contributed by atoms with van der Waals surface area (Å²) in [5, 5.41) is 11.7. The van der Waals surface area contributed by atoms with Gasteiger partial charge in [-0.1, -0.05) is 6.92 Å². The van der Waals surface area contributed by atoms with Crippen LogP contribution in [-0.2, 0) is 9.53 Å². The summed E-state index contributed by atoms with van der Waals surface area (Å²) in [5.74, 6) is -1.36. The Morgan fingerprint density at radius 2 is 2.05 bits per heavy atom. The second kappa shape index (κ2) is 7.61. The van der Waals surface area contributed by atoms with Gasteiger partial charge < -0.3 is 20.1 Å². The predicted octanol–water partition coefficient (Wildman–Crippen LogP) is 0.213. The minimum absolute atomic E-state index is 0.148. The molecule has 2 amide bonds. The van der Waals surface area contributed by atoms with Crippen molar-refractivity contribution in [1.29, 1.82) is 0 Å². The first-order valence-electron chi connectivity index (χ1n) is 7.69. The van der Waals surface area contributed by atoms with E-state index in [0.717, 1.165) is 45.8 Å². The fourth-order valence-corrected chi connectivity index (χ4v) is 2.90. The van der Waals surface area contributed by atoms with Gasteiger partial charge in [-0.3, -0.25) is 9.69 Å². The van der Waals surface area contributed by atoms with Crippen LogP contribution in [0.15, 0.2) is 0 Å². The molecule has 0 spiro atoms. The van der Waals surface area contributed by atoms with Crippen LogP contribution in [0.3, 0.4) is 0 Å². The van der Waals surface area contributed by atoms with Crippen molar-refractivity contribution in [2.45, 2.75) is 25.8 Å². The van der Waals surface area contributed by atoms with Gasteiger partial charge in [0.15, 0.2) is 0 Å². The zero-order valence-electron chi connectivity index (χ0n) is 12.6. The normalized spacial score (nSPS) is 24.8. The third-order valence-corrected chi connectivity index (χ3v) is 4.35. The van der Waals surface area contributed by atoms with Gasteiger partial charge in [-0.15, -0.1) is 0 Å². The van der Waals surface area contributed by atoms with Gasteiger partial charge >= 0.3 is 12.0 Å². The standard InChI is InChI=1S/C14H25N3O4/c1-2-11(13(18)19)9-15-14(20)17-4-3-12(10-17)16-5-7-21-8-6-16/h11-12H,2-10H2,1H3,(H,15,20)(H,18,19). The van der Waals surface area contributed by atoms with Crippen LogP contribution in [0, 0.1) is 5.92 Å². The molecule has 0 aliphatic carbocycles. The number of urea groups is 1. The zero-order chi connectivity index (χ0) is 15.2. The molecule has 0 aromatic carbocycles. The first-order valence-corrected chi connectivity index (χ1v) is 7.69. The number of carbonyl (C=O) groups is 2. The van der Waals surface area contributed by atoms with Gasteiger partial charge in [-0.2, -0.15) is 0 Å². The summed E-state index contributed by atoms with van der Waals surface area (Å²) in [7, 11) is 0. The van der Waals surface area contributed by atoms with Crippen molar-refractivity contribution in [2.24, 2.45) is 5.92 Å². The molecule has 2 aliphatic heterocycles. The van der Waals surface area contributed by atoms with Gasteiger partial charge in [0.25, 0.3) is 0 Å². The topological polar surface area (TPSA) is 82.1 Å². The molecule has 2 atom stereocenters. The Balaban J connectivity index is 1.75. The van der Waals surface area contributed by atoms with Crippen molar-refractivity contribution < 1.29 is 19.4 Å². The maximum Gasteiger partial charge on any atom is 0.317 e. The van der Waals surface area contributed by atoms with Crippen molar-refractivity contribution in [3.05, 3.63) is 0 Å². The third kappa shape index (κ3) is 4.31.